The van der Waals surface area contributed by atoms with Crippen molar-refractivity contribution in [2.24, 2.45) is 0 Å². The van der Waals surface area contributed by atoms with Gasteiger partial charge in [0.15, 0.2) is 5.16 Å². The number of carbonyl (C=O) groups is 2. The van der Waals surface area contributed by atoms with Crippen LogP contribution in [0.15, 0.2) is 66.1 Å². The minimum Gasteiger partial charge on any atom is -0.495 e. The fraction of sp³-hybridized carbons (Fsp3) is 0.158. The zero-order valence-electron chi connectivity index (χ0n) is 15.3. The van der Waals surface area contributed by atoms with Crippen LogP contribution in [-0.2, 0) is 4.79 Å². The molecule has 2 aromatic carbocycles. The van der Waals surface area contributed by atoms with E-state index in [2.05, 4.69) is 20.8 Å². The fourth-order valence-corrected chi connectivity index (χ4v) is 3.57. The minimum atomic E-state index is -0.698. The Kier molecular flexibility index (Phi) is 6.28. The van der Waals surface area contributed by atoms with E-state index in [0.29, 0.717) is 10.9 Å². The number of nitrogens with one attached hydrogen (secondary N) is 2. The summed E-state index contributed by atoms with van der Waals surface area (Å²) in [5.41, 5.74) is 1.49. The maximum absolute atomic E-state index is 12.7. The summed E-state index contributed by atoms with van der Waals surface area (Å²) in [5.74, 6) is 0.195. The van der Waals surface area contributed by atoms with E-state index in [1.807, 2.05) is 54.6 Å². The van der Waals surface area contributed by atoms with Gasteiger partial charge in [-0.3, -0.25) is 14.7 Å². The number of urea groups is 1. The number of para-hydroxylation sites is 2. The maximum Gasteiger partial charge on any atom is 0.321 e. The highest BCUT2D eigenvalue weighted by atomic mass is 32.2. The Morgan fingerprint density at radius 1 is 1.11 bits per heavy atom. The zero-order valence-corrected chi connectivity index (χ0v) is 16.1. The van der Waals surface area contributed by atoms with E-state index in [1.165, 1.54) is 18.8 Å². The van der Waals surface area contributed by atoms with Gasteiger partial charge < -0.3 is 10.1 Å². The number of benzene rings is 2. The molecule has 0 spiro atoms. The topological polar surface area (TPSA) is 98.1 Å². The molecule has 8 nitrogen and oxygen atoms in total. The number of rotatable bonds is 6. The van der Waals surface area contributed by atoms with Crippen molar-refractivity contribution in [1.29, 1.82) is 0 Å². The molecule has 0 unspecified atom stereocenters. The highest BCUT2D eigenvalue weighted by Gasteiger charge is 2.26. The summed E-state index contributed by atoms with van der Waals surface area (Å²) in [4.78, 5) is 24.4. The normalized spacial score (nSPS) is 11.5. The number of carbonyl (C=O) groups excluding carboxylic acids is 2. The summed E-state index contributed by atoms with van der Waals surface area (Å²) in [6.45, 7) is 0. The number of hydrogen-bond acceptors (Lipinski definition) is 6. The van der Waals surface area contributed by atoms with Crippen molar-refractivity contribution in [3.05, 3.63) is 66.5 Å². The number of amides is 3. The molecule has 0 saturated carbocycles. The second-order valence-electron chi connectivity index (χ2n) is 5.63. The molecular formula is C19H19N5O3S. The smallest absolute Gasteiger partial charge is 0.321 e. The average Bonchev–Trinajstić information content (AvgIpc) is 3.20. The molecule has 144 valence electrons. The summed E-state index contributed by atoms with van der Waals surface area (Å²) in [6.07, 6.45) is 1.55. The molecule has 2 N–H and O–H groups in total. The van der Waals surface area contributed by atoms with Crippen LogP contribution in [0.5, 0.6) is 5.75 Å². The van der Waals surface area contributed by atoms with Crippen LogP contribution in [0.25, 0.3) is 5.69 Å². The van der Waals surface area contributed by atoms with Crippen molar-refractivity contribution in [2.75, 3.05) is 14.2 Å². The number of nitrogens with zero attached hydrogens (tertiary/aromatic N) is 3. The molecule has 1 aromatic heterocycles. The quantitative estimate of drug-likeness (QED) is 0.621. The lowest BCUT2D eigenvalue weighted by Crippen LogP contribution is -2.39. The van der Waals surface area contributed by atoms with Crippen molar-refractivity contribution in [2.45, 2.75) is 10.4 Å². The van der Waals surface area contributed by atoms with Crippen molar-refractivity contribution in [3.63, 3.8) is 0 Å². The Bertz CT molecular complexity index is 961. The SMILES string of the molecule is CNC(=O)NC(=O)[C@H](Sc1nncn1-c1ccccc1OC)c1ccccc1. The van der Waals surface area contributed by atoms with Crippen LogP contribution in [0.3, 0.4) is 0 Å². The van der Waals surface area contributed by atoms with Crippen LogP contribution in [-0.4, -0.2) is 40.9 Å². The first-order valence-corrected chi connectivity index (χ1v) is 9.29. The number of thioether (sulfide) groups is 1. The van der Waals surface area contributed by atoms with Gasteiger partial charge in [-0.05, 0) is 17.7 Å². The molecule has 0 fully saturated rings. The predicted molar refractivity (Wildman–Crippen MR) is 106 cm³/mol. The lowest BCUT2D eigenvalue weighted by atomic mass is 10.1. The van der Waals surface area contributed by atoms with Gasteiger partial charge in [0.1, 0.15) is 17.3 Å². The molecule has 1 atom stereocenters. The Morgan fingerprint density at radius 3 is 2.54 bits per heavy atom. The van der Waals surface area contributed by atoms with Gasteiger partial charge >= 0.3 is 6.03 Å². The number of methoxy groups -OCH3 is 1. The molecule has 0 aliphatic carbocycles. The van der Waals surface area contributed by atoms with Gasteiger partial charge in [0.05, 0.1) is 12.8 Å². The number of hydrogen-bond donors (Lipinski definition) is 2. The highest BCUT2D eigenvalue weighted by molar-refractivity contribution is 8.00. The first-order chi connectivity index (χ1) is 13.6. The van der Waals surface area contributed by atoms with Gasteiger partial charge in [-0.15, -0.1) is 10.2 Å². The molecule has 0 saturated heterocycles. The third kappa shape index (κ3) is 4.32. The molecule has 9 heteroatoms. The molecule has 0 aliphatic heterocycles. The van der Waals surface area contributed by atoms with Gasteiger partial charge in [-0.1, -0.05) is 54.2 Å². The van der Waals surface area contributed by atoms with E-state index < -0.39 is 17.2 Å². The van der Waals surface area contributed by atoms with E-state index in [-0.39, 0.29) is 0 Å². The van der Waals surface area contributed by atoms with Crippen molar-refractivity contribution in [3.8, 4) is 11.4 Å². The van der Waals surface area contributed by atoms with Gasteiger partial charge in [-0.2, -0.15) is 0 Å². The number of imide groups is 1. The standard InChI is InChI=1S/C19H19N5O3S/c1-20-18(26)22-17(25)16(13-8-4-3-5-9-13)28-19-23-21-12-24(19)14-10-6-7-11-15(14)27-2/h3-12,16H,1-2H3,(H2,20,22,25,26)/t16-/m1/s1. The first-order valence-electron chi connectivity index (χ1n) is 8.41. The Hall–Kier alpha value is -3.33. The van der Waals surface area contributed by atoms with E-state index in [1.54, 1.807) is 18.0 Å². The maximum atomic E-state index is 12.7. The van der Waals surface area contributed by atoms with Gasteiger partial charge in [0, 0.05) is 7.05 Å². The van der Waals surface area contributed by atoms with Crippen LogP contribution in [0.4, 0.5) is 4.79 Å². The molecule has 28 heavy (non-hydrogen) atoms. The van der Waals surface area contributed by atoms with Crippen molar-refractivity contribution >= 4 is 23.7 Å². The second-order valence-corrected chi connectivity index (χ2v) is 6.70. The van der Waals surface area contributed by atoms with Gasteiger partial charge in [0.25, 0.3) is 0 Å². The summed E-state index contributed by atoms with van der Waals surface area (Å²) in [6, 6.07) is 16.0. The third-order valence-electron chi connectivity index (χ3n) is 3.89. The fourth-order valence-electron chi connectivity index (χ4n) is 2.54. The Labute approximate surface area is 166 Å². The van der Waals surface area contributed by atoms with E-state index in [0.717, 1.165) is 11.3 Å². The summed E-state index contributed by atoms with van der Waals surface area (Å²) in [5, 5.41) is 12.6. The molecular weight excluding hydrogens is 378 g/mol. The lowest BCUT2D eigenvalue weighted by Gasteiger charge is -2.17. The second kappa shape index (κ2) is 9.05. The van der Waals surface area contributed by atoms with Crippen LogP contribution < -0.4 is 15.4 Å². The molecule has 0 radical (unpaired) electrons. The predicted octanol–water partition coefficient (Wildman–Crippen LogP) is 2.56. The largest absolute Gasteiger partial charge is 0.495 e. The van der Waals surface area contributed by atoms with E-state index in [9.17, 15) is 9.59 Å². The third-order valence-corrected chi connectivity index (χ3v) is 5.10. The zero-order chi connectivity index (χ0) is 19.9. The summed E-state index contributed by atoms with van der Waals surface area (Å²) in [7, 11) is 3.03. The Morgan fingerprint density at radius 2 is 1.82 bits per heavy atom. The molecule has 3 rings (SSSR count). The Balaban J connectivity index is 1.95. The number of aromatic nitrogens is 3. The monoisotopic (exact) mass is 397 g/mol. The molecule has 1 heterocycles. The highest BCUT2D eigenvalue weighted by Crippen LogP contribution is 2.36. The molecule has 3 aromatic rings. The molecule has 0 aliphatic rings. The van der Waals surface area contributed by atoms with Gasteiger partial charge in [0.2, 0.25) is 5.91 Å². The van der Waals surface area contributed by atoms with Crippen LogP contribution in [0.1, 0.15) is 10.8 Å². The van der Waals surface area contributed by atoms with Crippen LogP contribution in [0.2, 0.25) is 0 Å². The first kappa shape index (κ1) is 19.4. The van der Waals surface area contributed by atoms with Gasteiger partial charge in [-0.25, -0.2) is 4.79 Å². The van der Waals surface area contributed by atoms with E-state index in [4.69, 9.17) is 4.74 Å². The van der Waals surface area contributed by atoms with Crippen LogP contribution >= 0.6 is 11.8 Å². The number of ether oxygens (including phenoxy) is 1. The summed E-state index contributed by atoms with van der Waals surface area (Å²) < 4.78 is 7.15. The molecule has 0 bridgehead atoms. The van der Waals surface area contributed by atoms with Crippen molar-refractivity contribution in [1.82, 2.24) is 25.4 Å². The lowest BCUT2D eigenvalue weighted by molar-refractivity contribution is -0.119. The van der Waals surface area contributed by atoms with Crippen molar-refractivity contribution < 1.29 is 14.3 Å². The van der Waals surface area contributed by atoms with E-state index >= 15 is 0 Å². The molecule has 3 amide bonds. The average molecular weight is 397 g/mol. The van der Waals surface area contributed by atoms with Crippen LogP contribution in [0, 0.1) is 0 Å². The summed E-state index contributed by atoms with van der Waals surface area (Å²) >= 11 is 1.19. The minimum absolute atomic E-state index is 0.454.